The van der Waals surface area contributed by atoms with Gasteiger partial charge in [0.05, 0.1) is 12.2 Å². The molecule has 1 saturated heterocycles. The van der Waals surface area contributed by atoms with Crippen molar-refractivity contribution in [1.29, 1.82) is 0 Å². The van der Waals surface area contributed by atoms with E-state index in [-0.39, 0.29) is 23.2 Å². The maximum Gasteiger partial charge on any atom is 0.274 e. The number of aromatic amines is 1. The monoisotopic (exact) mass is 274 g/mol. The predicted octanol–water partition coefficient (Wildman–Crippen LogP) is 1.04. The summed E-state index contributed by atoms with van der Waals surface area (Å²) in [5.74, 6) is 0.519. The fourth-order valence-corrected chi connectivity index (χ4v) is 2.47. The first kappa shape index (κ1) is 12.6. The van der Waals surface area contributed by atoms with Gasteiger partial charge in [0.25, 0.3) is 11.5 Å². The van der Waals surface area contributed by atoms with Gasteiger partial charge in [-0.15, -0.1) is 0 Å². The lowest BCUT2D eigenvalue weighted by atomic mass is 10.1. The van der Waals surface area contributed by atoms with Crippen LogP contribution in [0.3, 0.4) is 0 Å². The second-order valence-corrected chi connectivity index (χ2v) is 4.82. The molecular formula is C13H14N4O3. The molecule has 3 rings (SSSR count). The molecule has 104 valence electrons. The van der Waals surface area contributed by atoms with E-state index < -0.39 is 0 Å². The molecule has 0 saturated carbocycles. The summed E-state index contributed by atoms with van der Waals surface area (Å²) in [6.45, 7) is 2.47. The molecule has 20 heavy (non-hydrogen) atoms. The molecule has 1 N–H and O–H groups in total. The fraction of sp³-hybridized carbons (Fsp3) is 0.385. The third-order valence-corrected chi connectivity index (χ3v) is 3.39. The second kappa shape index (κ2) is 4.92. The molecule has 1 fully saturated rings. The summed E-state index contributed by atoms with van der Waals surface area (Å²) in [5.41, 5.74) is 0.668. The first-order chi connectivity index (χ1) is 9.65. The van der Waals surface area contributed by atoms with Gasteiger partial charge in [-0.25, -0.2) is 4.98 Å². The first-order valence-electron chi connectivity index (χ1n) is 6.44. The van der Waals surface area contributed by atoms with Crippen LogP contribution in [0, 0.1) is 6.92 Å². The number of aryl methyl sites for hydroxylation is 1. The number of H-pyrrole nitrogens is 1. The van der Waals surface area contributed by atoms with Crippen molar-refractivity contribution in [1.82, 2.24) is 20.0 Å². The number of likely N-dealkylation sites (tertiary alicyclic amines) is 1. The molecule has 1 unspecified atom stereocenters. The number of aromatic nitrogens is 3. The lowest BCUT2D eigenvalue weighted by molar-refractivity contribution is 0.0724. The van der Waals surface area contributed by atoms with E-state index in [0.29, 0.717) is 6.54 Å². The molecular weight excluding hydrogens is 260 g/mol. The SMILES string of the molecule is Cc1cc(C2CCCN2C(=O)c2c[nH]c(=O)cn2)no1. The third kappa shape index (κ3) is 2.22. The number of amides is 1. The summed E-state index contributed by atoms with van der Waals surface area (Å²) >= 11 is 0. The van der Waals surface area contributed by atoms with Crippen molar-refractivity contribution in [3.63, 3.8) is 0 Å². The summed E-state index contributed by atoms with van der Waals surface area (Å²) in [5, 5.41) is 3.99. The Hall–Kier alpha value is -2.44. The molecule has 7 nitrogen and oxygen atoms in total. The summed E-state index contributed by atoms with van der Waals surface area (Å²) in [4.78, 5) is 31.5. The maximum absolute atomic E-state index is 12.4. The molecule has 1 atom stereocenters. The van der Waals surface area contributed by atoms with E-state index in [1.165, 1.54) is 6.20 Å². The van der Waals surface area contributed by atoms with Gasteiger partial charge in [-0.3, -0.25) is 9.59 Å². The minimum atomic E-state index is -0.327. The largest absolute Gasteiger partial charge is 0.361 e. The zero-order chi connectivity index (χ0) is 14.1. The number of nitrogens with one attached hydrogen (secondary N) is 1. The fourth-order valence-electron chi connectivity index (χ4n) is 2.47. The Balaban J connectivity index is 1.86. The van der Waals surface area contributed by atoms with E-state index in [1.807, 2.05) is 13.0 Å². The van der Waals surface area contributed by atoms with Gasteiger partial charge in [-0.1, -0.05) is 5.16 Å². The smallest absolute Gasteiger partial charge is 0.274 e. The Morgan fingerprint density at radius 2 is 2.40 bits per heavy atom. The highest BCUT2D eigenvalue weighted by atomic mass is 16.5. The van der Waals surface area contributed by atoms with Gasteiger partial charge in [-0.2, -0.15) is 0 Å². The van der Waals surface area contributed by atoms with Crippen molar-refractivity contribution >= 4 is 5.91 Å². The number of carbonyl (C=O) groups is 1. The molecule has 2 aromatic rings. The van der Waals surface area contributed by atoms with Crippen molar-refractivity contribution in [3.05, 3.63) is 46.0 Å². The topological polar surface area (TPSA) is 92.1 Å². The van der Waals surface area contributed by atoms with Gasteiger partial charge in [0, 0.05) is 18.8 Å². The summed E-state index contributed by atoms with van der Waals surface area (Å²) in [7, 11) is 0. The third-order valence-electron chi connectivity index (χ3n) is 3.39. The average Bonchev–Trinajstić information content (AvgIpc) is 3.07. The first-order valence-corrected chi connectivity index (χ1v) is 6.44. The van der Waals surface area contributed by atoms with Crippen molar-refractivity contribution in [2.75, 3.05) is 6.54 Å². The molecule has 1 aliphatic rings. The normalized spacial score (nSPS) is 18.4. The van der Waals surface area contributed by atoms with E-state index in [2.05, 4.69) is 15.1 Å². The highest BCUT2D eigenvalue weighted by Crippen LogP contribution is 2.32. The van der Waals surface area contributed by atoms with Crippen molar-refractivity contribution < 1.29 is 9.32 Å². The van der Waals surface area contributed by atoms with Crippen LogP contribution in [-0.4, -0.2) is 32.5 Å². The van der Waals surface area contributed by atoms with Crippen LogP contribution < -0.4 is 5.56 Å². The quantitative estimate of drug-likeness (QED) is 0.883. The van der Waals surface area contributed by atoms with Crippen LogP contribution in [0.15, 0.2) is 27.8 Å². The molecule has 0 aliphatic carbocycles. The molecule has 0 radical (unpaired) electrons. The highest BCUT2D eigenvalue weighted by molar-refractivity contribution is 5.92. The van der Waals surface area contributed by atoms with Gasteiger partial charge >= 0.3 is 0 Å². The number of hydrogen-bond donors (Lipinski definition) is 1. The molecule has 0 spiro atoms. The highest BCUT2D eigenvalue weighted by Gasteiger charge is 2.33. The van der Waals surface area contributed by atoms with Crippen LogP contribution in [0.5, 0.6) is 0 Å². The van der Waals surface area contributed by atoms with Crippen LogP contribution in [0.4, 0.5) is 0 Å². The summed E-state index contributed by atoms with van der Waals surface area (Å²) in [6, 6.07) is 1.75. The zero-order valence-electron chi connectivity index (χ0n) is 11.0. The standard InChI is InChI=1S/C13H14N4O3/c1-8-5-9(16-20-8)11-3-2-4-17(11)13(19)10-6-15-12(18)7-14-10/h5-7,11H,2-4H2,1H3,(H,15,18). The van der Waals surface area contributed by atoms with Crippen molar-refractivity contribution in [2.24, 2.45) is 0 Å². The van der Waals surface area contributed by atoms with E-state index in [9.17, 15) is 9.59 Å². The van der Waals surface area contributed by atoms with Gasteiger partial charge in [0.2, 0.25) is 0 Å². The average molecular weight is 274 g/mol. The zero-order valence-corrected chi connectivity index (χ0v) is 11.0. The van der Waals surface area contributed by atoms with Gasteiger partial charge in [-0.05, 0) is 19.8 Å². The number of hydrogen-bond acceptors (Lipinski definition) is 5. The minimum absolute atomic E-state index is 0.0892. The molecule has 1 aliphatic heterocycles. The van der Waals surface area contributed by atoms with Crippen LogP contribution in [-0.2, 0) is 0 Å². The van der Waals surface area contributed by atoms with Crippen LogP contribution >= 0.6 is 0 Å². The van der Waals surface area contributed by atoms with Crippen molar-refractivity contribution in [3.8, 4) is 0 Å². The van der Waals surface area contributed by atoms with Gasteiger partial charge < -0.3 is 14.4 Å². The van der Waals surface area contributed by atoms with E-state index in [1.54, 1.807) is 4.90 Å². The van der Waals surface area contributed by atoms with Gasteiger partial charge in [0.15, 0.2) is 0 Å². The Labute approximate surface area is 114 Å². The molecule has 3 heterocycles. The summed E-state index contributed by atoms with van der Waals surface area (Å²) in [6.07, 6.45) is 4.21. The van der Waals surface area contributed by atoms with Crippen molar-refractivity contribution in [2.45, 2.75) is 25.8 Å². The number of carbonyl (C=O) groups excluding carboxylic acids is 1. The predicted molar refractivity (Wildman–Crippen MR) is 69.1 cm³/mol. The minimum Gasteiger partial charge on any atom is -0.361 e. The van der Waals surface area contributed by atoms with E-state index in [0.717, 1.165) is 30.5 Å². The molecule has 0 bridgehead atoms. The number of nitrogens with zero attached hydrogens (tertiary/aromatic N) is 3. The Morgan fingerprint density at radius 3 is 3.05 bits per heavy atom. The van der Waals surface area contributed by atoms with E-state index in [4.69, 9.17) is 4.52 Å². The second-order valence-electron chi connectivity index (χ2n) is 4.82. The lowest BCUT2D eigenvalue weighted by Crippen LogP contribution is -2.32. The number of rotatable bonds is 2. The summed E-state index contributed by atoms with van der Waals surface area (Å²) < 4.78 is 5.08. The Morgan fingerprint density at radius 1 is 1.55 bits per heavy atom. The molecule has 0 aromatic carbocycles. The lowest BCUT2D eigenvalue weighted by Gasteiger charge is -2.22. The van der Waals surface area contributed by atoms with Crippen LogP contribution in [0.1, 0.15) is 40.8 Å². The van der Waals surface area contributed by atoms with E-state index >= 15 is 0 Å². The van der Waals surface area contributed by atoms with Crippen LogP contribution in [0.2, 0.25) is 0 Å². The molecule has 1 amide bonds. The Bertz CT molecular complexity index is 670. The molecule has 7 heteroatoms. The van der Waals surface area contributed by atoms with Crippen LogP contribution in [0.25, 0.3) is 0 Å². The Kier molecular flexibility index (Phi) is 3.09. The maximum atomic E-state index is 12.4. The van der Waals surface area contributed by atoms with Gasteiger partial charge in [0.1, 0.15) is 17.1 Å². The molecule has 2 aromatic heterocycles.